The number of benzene rings is 8. The molecule has 1 aliphatic rings. The summed E-state index contributed by atoms with van der Waals surface area (Å²) in [6, 6.07) is 63.6. The van der Waals surface area contributed by atoms with Crippen molar-refractivity contribution in [2.24, 2.45) is 0 Å². The normalized spacial score (nSPS) is 13.5. The molecule has 0 spiro atoms. The summed E-state index contributed by atoms with van der Waals surface area (Å²) in [5, 5.41) is 6.67. The van der Waals surface area contributed by atoms with Gasteiger partial charge in [0.1, 0.15) is 11.2 Å². The van der Waals surface area contributed by atoms with Crippen LogP contribution in [0.3, 0.4) is 0 Å². The van der Waals surface area contributed by atoms with E-state index in [-0.39, 0.29) is 0 Å². The maximum absolute atomic E-state index is 6.75. The Bertz CT molecular complexity index is 3190. The van der Waals surface area contributed by atoms with E-state index in [2.05, 4.69) is 168 Å². The lowest BCUT2D eigenvalue weighted by atomic mass is 9.67. The lowest BCUT2D eigenvalue weighted by Crippen LogP contribution is -2.28. The third-order valence-electron chi connectivity index (χ3n) is 11.5. The number of hydrogen-bond acceptors (Lipinski definition) is 2. The number of aromatic nitrogens is 1. The molecule has 0 radical (unpaired) electrons. The van der Waals surface area contributed by atoms with Crippen molar-refractivity contribution in [1.82, 2.24) is 4.57 Å². The van der Waals surface area contributed by atoms with Gasteiger partial charge in [-0.1, -0.05) is 146 Å². The Hall–Kier alpha value is -6.84. The first-order valence-electron chi connectivity index (χ1n) is 17.9. The zero-order valence-electron chi connectivity index (χ0n) is 28.0. The minimum Gasteiger partial charge on any atom is -0.452 e. The van der Waals surface area contributed by atoms with Crippen LogP contribution in [0.15, 0.2) is 185 Å². The Morgan fingerprint density at radius 3 is 1.65 bits per heavy atom. The maximum Gasteiger partial charge on any atom is 0.180 e. The van der Waals surface area contributed by atoms with Gasteiger partial charge < -0.3 is 13.4 Å². The van der Waals surface area contributed by atoms with Crippen LogP contribution >= 0.6 is 0 Å². The third-order valence-corrected chi connectivity index (χ3v) is 11.5. The first-order valence-corrected chi connectivity index (χ1v) is 17.9. The highest BCUT2D eigenvalue weighted by Crippen LogP contribution is 2.57. The van der Waals surface area contributed by atoms with E-state index in [1.165, 1.54) is 44.2 Å². The number of nitrogens with zero attached hydrogens (tertiary/aromatic N) is 1. The van der Waals surface area contributed by atoms with Crippen LogP contribution in [-0.2, 0) is 5.41 Å². The molecule has 52 heavy (non-hydrogen) atoms. The summed E-state index contributed by atoms with van der Waals surface area (Å²) in [5.74, 6) is 0. The molecule has 3 heterocycles. The van der Waals surface area contributed by atoms with Crippen molar-refractivity contribution in [2.45, 2.75) is 5.41 Å². The SMILES string of the molecule is c1ccc(C2(c3ccccc3)c3ccccc3-c3ccc(-n4c5ccccc5c5c6c7ccccc7oc6c6oc7ccccc7c6c54)cc32)cc1. The largest absolute Gasteiger partial charge is 0.452 e. The number of rotatable bonds is 3. The fourth-order valence-corrected chi connectivity index (χ4v) is 9.46. The molecule has 3 heteroatoms. The lowest BCUT2D eigenvalue weighted by molar-refractivity contribution is 0.633. The van der Waals surface area contributed by atoms with Crippen molar-refractivity contribution in [3.8, 4) is 16.8 Å². The molecule has 3 nitrogen and oxygen atoms in total. The molecule has 1 aliphatic carbocycles. The standard InChI is InChI=1S/C49H29NO2/c1-3-15-30(16-4-1)49(31-17-5-2-6-18-31)38-23-11-7-19-33(38)34-28-27-32(29-39(34)49)50-40-24-12-8-20-35(40)43-44-36-21-9-13-25-41(36)51-47(44)48-45(46(43)50)37-22-10-14-26-42(37)52-48/h1-29H. The maximum atomic E-state index is 6.75. The molecular weight excluding hydrogens is 635 g/mol. The van der Waals surface area contributed by atoms with Gasteiger partial charge in [-0.2, -0.15) is 0 Å². The average molecular weight is 664 g/mol. The van der Waals surface area contributed by atoms with Gasteiger partial charge in [0.25, 0.3) is 0 Å². The van der Waals surface area contributed by atoms with E-state index in [1.807, 2.05) is 12.1 Å². The molecule has 0 saturated heterocycles. The van der Waals surface area contributed by atoms with Crippen molar-refractivity contribution in [2.75, 3.05) is 0 Å². The first kappa shape index (κ1) is 27.9. The van der Waals surface area contributed by atoms with Gasteiger partial charge in [-0.05, 0) is 63.7 Å². The van der Waals surface area contributed by atoms with Crippen LogP contribution in [0.5, 0.6) is 0 Å². The summed E-state index contributed by atoms with van der Waals surface area (Å²) in [6.07, 6.45) is 0. The topological polar surface area (TPSA) is 31.2 Å². The first-order chi connectivity index (χ1) is 25.8. The number of furan rings is 2. The molecule has 0 N–H and O–H groups in total. The van der Waals surface area contributed by atoms with Gasteiger partial charge in [-0.25, -0.2) is 0 Å². The zero-order valence-corrected chi connectivity index (χ0v) is 28.0. The van der Waals surface area contributed by atoms with Crippen LogP contribution in [0.25, 0.3) is 82.5 Å². The molecule has 0 amide bonds. The Balaban J connectivity index is 1.29. The second kappa shape index (κ2) is 10.1. The molecular formula is C49H29NO2. The zero-order chi connectivity index (χ0) is 34.0. The van der Waals surface area contributed by atoms with E-state index in [0.717, 1.165) is 60.6 Å². The smallest absolute Gasteiger partial charge is 0.180 e. The average Bonchev–Trinajstić information content (AvgIpc) is 3.95. The van der Waals surface area contributed by atoms with E-state index in [1.54, 1.807) is 0 Å². The summed E-state index contributed by atoms with van der Waals surface area (Å²) < 4.78 is 15.9. The van der Waals surface area contributed by atoms with Crippen molar-refractivity contribution in [3.05, 3.63) is 198 Å². The molecule has 12 rings (SSSR count). The molecule has 11 aromatic rings. The summed E-state index contributed by atoms with van der Waals surface area (Å²) >= 11 is 0. The van der Waals surface area contributed by atoms with Gasteiger partial charge in [0.15, 0.2) is 11.2 Å². The van der Waals surface area contributed by atoms with Gasteiger partial charge in [0.2, 0.25) is 0 Å². The van der Waals surface area contributed by atoms with E-state index >= 15 is 0 Å². The van der Waals surface area contributed by atoms with Gasteiger partial charge in [-0.3, -0.25) is 0 Å². The van der Waals surface area contributed by atoms with Gasteiger partial charge in [0.05, 0.1) is 21.8 Å². The fraction of sp³-hybridized carbons (Fsp3) is 0.0204. The molecule has 3 aromatic heterocycles. The summed E-state index contributed by atoms with van der Waals surface area (Å²) in [6.45, 7) is 0. The molecule has 0 fully saturated rings. The van der Waals surface area contributed by atoms with Crippen molar-refractivity contribution < 1.29 is 8.83 Å². The van der Waals surface area contributed by atoms with Crippen LogP contribution < -0.4 is 0 Å². The molecule has 0 saturated carbocycles. The van der Waals surface area contributed by atoms with Crippen molar-refractivity contribution in [3.63, 3.8) is 0 Å². The highest BCUT2D eigenvalue weighted by molar-refractivity contribution is 6.38. The molecule has 0 aliphatic heterocycles. The van der Waals surface area contributed by atoms with E-state index in [0.29, 0.717) is 0 Å². The Kier molecular flexibility index (Phi) is 5.43. The van der Waals surface area contributed by atoms with Crippen LogP contribution in [0, 0.1) is 0 Å². The lowest BCUT2D eigenvalue weighted by Gasteiger charge is -2.34. The highest BCUT2D eigenvalue weighted by atomic mass is 16.4. The molecule has 0 bridgehead atoms. The van der Waals surface area contributed by atoms with Crippen molar-refractivity contribution >= 4 is 65.7 Å². The molecule has 0 unspecified atom stereocenters. The minimum atomic E-state index is -0.505. The van der Waals surface area contributed by atoms with Crippen LogP contribution in [0.2, 0.25) is 0 Å². The van der Waals surface area contributed by atoms with E-state index < -0.39 is 5.41 Å². The van der Waals surface area contributed by atoms with E-state index in [9.17, 15) is 0 Å². The monoisotopic (exact) mass is 663 g/mol. The Morgan fingerprint density at radius 2 is 0.942 bits per heavy atom. The summed E-state index contributed by atoms with van der Waals surface area (Å²) in [4.78, 5) is 0. The fourth-order valence-electron chi connectivity index (χ4n) is 9.46. The van der Waals surface area contributed by atoms with E-state index in [4.69, 9.17) is 8.83 Å². The second-order valence-electron chi connectivity index (χ2n) is 13.9. The summed E-state index contributed by atoms with van der Waals surface area (Å²) in [5.41, 5.74) is 13.8. The summed E-state index contributed by atoms with van der Waals surface area (Å²) in [7, 11) is 0. The van der Waals surface area contributed by atoms with Crippen LogP contribution in [0.1, 0.15) is 22.3 Å². The Labute approximate surface area is 298 Å². The molecule has 8 aromatic carbocycles. The van der Waals surface area contributed by atoms with Crippen LogP contribution in [-0.4, -0.2) is 4.57 Å². The van der Waals surface area contributed by atoms with Gasteiger partial charge >= 0.3 is 0 Å². The number of fused-ring (bicyclic) bond motifs is 15. The second-order valence-corrected chi connectivity index (χ2v) is 13.9. The number of hydrogen-bond donors (Lipinski definition) is 0. The molecule has 0 atom stereocenters. The minimum absolute atomic E-state index is 0.505. The quantitative estimate of drug-likeness (QED) is 0.188. The third kappa shape index (κ3) is 3.40. The van der Waals surface area contributed by atoms with Gasteiger partial charge in [0, 0.05) is 32.6 Å². The highest BCUT2D eigenvalue weighted by Gasteiger charge is 2.46. The Morgan fingerprint density at radius 1 is 0.404 bits per heavy atom. The van der Waals surface area contributed by atoms with Crippen molar-refractivity contribution in [1.29, 1.82) is 0 Å². The predicted molar refractivity (Wildman–Crippen MR) is 213 cm³/mol. The number of para-hydroxylation sites is 3. The van der Waals surface area contributed by atoms with Gasteiger partial charge in [-0.15, -0.1) is 0 Å². The predicted octanol–water partition coefficient (Wildman–Crippen LogP) is 12.9. The van der Waals surface area contributed by atoms with Crippen LogP contribution in [0.4, 0.5) is 0 Å². The molecule has 242 valence electrons.